The number of urea groups is 1. The van der Waals surface area contributed by atoms with Crippen LogP contribution in [0.5, 0.6) is 0 Å². The molecule has 1 aromatic heterocycles. The van der Waals surface area contributed by atoms with E-state index in [4.69, 9.17) is 20.2 Å². The standard InChI is InChI=1S/C8H11N3O4/c9-8(12)11(13)3-5-15-10-6-7-2-1-4-14-7/h1-2,4,6,13H,3,5H2,(H2,9,12)/b10-6+. The predicted octanol–water partition coefficient (Wildman–Crippen LogP) is 0.400. The van der Waals surface area contributed by atoms with Crippen molar-refractivity contribution in [3.63, 3.8) is 0 Å². The average Bonchev–Trinajstić information content (AvgIpc) is 2.69. The Labute approximate surface area is 85.7 Å². The second kappa shape index (κ2) is 5.66. The summed E-state index contributed by atoms with van der Waals surface area (Å²) in [5.74, 6) is 0.547. The van der Waals surface area contributed by atoms with Crippen LogP contribution in [0, 0.1) is 0 Å². The highest BCUT2D eigenvalue weighted by molar-refractivity contribution is 5.75. The van der Waals surface area contributed by atoms with Gasteiger partial charge in [-0.15, -0.1) is 0 Å². The second-order valence-electron chi connectivity index (χ2n) is 2.54. The van der Waals surface area contributed by atoms with Gasteiger partial charge < -0.3 is 15.0 Å². The Morgan fingerprint density at radius 3 is 3.20 bits per heavy atom. The monoisotopic (exact) mass is 213 g/mol. The number of rotatable bonds is 5. The lowest BCUT2D eigenvalue weighted by molar-refractivity contribution is -0.0560. The molecule has 0 saturated carbocycles. The van der Waals surface area contributed by atoms with Gasteiger partial charge in [0.05, 0.1) is 12.8 Å². The van der Waals surface area contributed by atoms with Gasteiger partial charge in [0.15, 0.2) is 0 Å². The van der Waals surface area contributed by atoms with E-state index >= 15 is 0 Å². The molecule has 15 heavy (non-hydrogen) atoms. The normalized spacial score (nSPS) is 10.5. The SMILES string of the molecule is NC(=O)N(O)CCO/N=C/c1ccco1. The number of carbonyl (C=O) groups excluding carboxylic acids is 1. The molecule has 1 aromatic rings. The first-order valence-corrected chi connectivity index (χ1v) is 4.15. The van der Waals surface area contributed by atoms with Crippen molar-refractivity contribution in [1.82, 2.24) is 5.06 Å². The Hall–Kier alpha value is -2.02. The first-order valence-electron chi connectivity index (χ1n) is 4.15. The Morgan fingerprint density at radius 1 is 1.80 bits per heavy atom. The van der Waals surface area contributed by atoms with Crippen molar-refractivity contribution in [1.29, 1.82) is 0 Å². The van der Waals surface area contributed by atoms with E-state index < -0.39 is 6.03 Å². The first-order chi connectivity index (χ1) is 7.20. The van der Waals surface area contributed by atoms with E-state index in [1.807, 2.05) is 0 Å². The number of primary amides is 1. The molecule has 2 amide bonds. The molecule has 0 aliphatic heterocycles. The molecule has 0 aromatic carbocycles. The van der Waals surface area contributed by atoms with Crippen LogP contribution >= 0.6 is 0 Å². The predicted molar refractivity (Wildman–Crippen MR) is 50.3 cm³/mol. The van der Waals surface area contributed by atoms with Gasteiger partial charge in [-0.2, -0.15) is 0 Å². The molecule has 1 rings (SSSR count). The lowest BCUT2D eigenvalue weighted by Crippen LogP contribution is -2.34. The van der Waals surface area contributed by atoms with E-state index in [0.29, 0.717) is 10.8 Å². The van der Waals surface area contributed by atoms with Gasteiger partial charge in [0.1, 0.15) is 18.6 Å². The lowest BCUT2D eigenvalue weighted by Gasteiger charge is -2.09. The number of hydroxylamine groups is 2. The zero-order valence-electron chi connectivity index (χ0n) is 7.87. The molecule has 0 aliphatic rings. The summed E-state index contributed by atoms with van der Waals surface area (Å²) in [6.07, 6.45) is 2.87. The molecule has 0 atom stereocenters. The van der Waals surface area contributed by atoms with Gasteiger partial charge >= 0.3 is 6.03 Å². The van der Waals surface area contributed by atoms with Gasteiger partial charge in [0.2, 0.25) is 0 Å². The topological polar surface area (TPSA) is 101 Å². The van der Waals surface area contributed by atoms with E-state index in [2.05, 4.69) is 5.16 Å². The molecule has 7 heteroatoms. The highest BCUT2D eigenvalue weighted by Gasteiger charge is 2.03. The Balaban J connectivity index is 2.14. The zero-order valence-corrected chi connectivity index (χ0v) is 7.87. The number of nitrogens with two attached hydrogens (primary N) is 1. The maximum atomic E-state index is 10.3. The Kier molecular flexibility index (Phi) is 4.17. The van der Waals surface area contributed by atoms with Gasteiger partial charge in [-0.1, -0.05) is 5.16 Å². The van der Waals surface area contributed by atoms with E-state index in [1.165, 1.54) is 12.5 Å². The van der Waals surface area contributed by atoms with Crippen LogP contribution in [0.25, 0.3) is 0 Å². The van der Waals surface area contributed by atoms with Crippen molar-refractivity contribution < 1.29 is 19.3 Å². The van der Waals surface area contributed by atoms with Crippen LogP contribution in [0.15, 0.2) is 28.0 Å². The molecule has 0 fully saturated rings. The Bertz CT molecular complexity index is 323. The van der Waals surface area contributed by atoms with Crippen LogP contribution in [0.3, 0.4) is 0 Å². The maximum absolute atomic E-state index is 10.3. The van der Waals surface area contributed by atoms with E-state index in [1.54, 1.807) is 12.1 Å². The third-order valence-electron chi connectivity index (χ3n) is 1.45. The number of nitrogens with zero attached hydrogens (tertiary/aromatic N) is 2. The molecule has 0 aliphatic carbocycles. The minimum absolute atomic E-state index is 0.0383. The fourth-order valence-electron chi connectivity index (χ4n) is 0.744. The summed E-state index contributed by atoms with van der Waals surface area (Å²) in [6.45, 7) is -0.0124. The molecule has 0 spiro atoms. The summed E-state index contributed by atoms with van der Waals surface area (Å²) in [5.41, 5.74) is 4.76. The summed E-state index contributed by atoms with van der Waals surface area (Å²) < 4.78 is 4.94. The summed E-state index contributed by atoms with van der Waals surface area (Å²) >= 11 is 0. The fraction of sp³-hybridized carbons (Fsp3) is 0.250. The molecule has 7 nitrogen and oxygen atoms in total. The summed E-state index contributed by atoms with van der Waals surface area (Å²) in [4.78, 5) is 15.1. The second-order valence-corrected chi connectivity index (χ2v) is 2.54. The fourth-order valence-corrected chi connectivity index (χ4v) is 0.744. The van der Waals surface area contributed by atoms with Crippen molar-refractivity contribution in [2.75, 3.05) is 13.2 Å². The molecular formula is C8H11N3O4. The molecule has 3 N–H and O–H groups in total. The van der Waals surface area contributed by atoms with Crippen LogP contribution < -0.4 is 5.73 Å². The quantitative estimate of drug-likeness (QED) is 0.320. The molecule has 0 radical (unpaired) electrons. The lowest BCUT2D eigenvalue weighted by atomic mass is 10.5. The summed E-state index contributed by atoms with van der Waals surface area (Å²) in [7, 11) is 0. The molecule has 0 bridgehead atoms. The number of hydrogen-bond acceptors (Lipinski definition) is 5. The Morgan fingerprint density at radius 2 is 2.60 bits per heavy atom. The molecule has 0 unspecified atom stereocenters. The van der Waals surface area contributed by atoms with E-state index in [0.717, 1.165) is 0 Å². The molecule has 1 heterocycles. The number of hydrogen-bond donors (Lipinski definition) is 2. The summed E-state index contributed by atoms with van der Waals surface area (Å²) in [6, 6.07) is 2.48. The van der Waals surface area contributed by atoms with Crippen LogP contribution in [-0.2, 0) is 4.84 Å². The van der Waals surface area contributed by atoms with Crippen molar-refractivity contribution in [3.8, 4) is 0 Å². The molecule has 82 valence electrons. The minimum Gasteiger partial charge on any atom is -0.463 e. The molecular weight excluding hydrogens is 202 g/mol. The van der Waals surface area contributed by atoms with Crippen molar-refractivity contribution in [2.24, 2.45) is 10.9 Å². The van der Waals surface area contributed by atoms with Crippen LogP contribution in [0.4, 0.5) is 4.79 Å². The minimum atomic E-state index is -0.936. The average molecular weight is 213 g/mol. The summed E-state index contributed by atoms with van der Waals surface area (Å²) in [5, 5.41) is 12.7. The number of carbonyl (C=O) groups is 1. The van der Waals surface area contributed by atoms with E-state index in [-0.39, 0.29) is 13.2 Å². The largest absolute Gasteiger partial charge is 0.463 e. The number of furan rings is 1. The van der Waals surface area contributed by atoms with Gasteiger partial charge in [-0.05, 0) is 12.1 Å². The van der Waals surface area contributed by atoms with Gasteiger partial charge in [-0.3, -0.25) is 5.21 Å². The smallest absolute Gasteiger partial charge is 0.338 e. The van der Waals surface area contributed by atoms with Crippen molar-refractivity contribution >= 4 is 12.2 Å². The van der Waals surface area contributed by atoms with Crippen molar-refractivity contribution in [2.45, 2.75) is 0 Å². The highest BCUT2D eigenvalue weighted by Crippen LogP contribution is 1.95. The van der Waals surface area contributed by atoms with Crippen LogP contribution in [0.2, 0.25) is 0 Å². The van der Waals surface area contributed by atoms with E-state index in [9.17, 15) is 4.79 Å². The van der Waals surface area contributed by atoms with Gasteiger partial charge in [-0.25, -0.2) is 9.86 Å². The molecule has 0 saturated heterocycles. The maximum Gasteiger partial charge on any atom is 0.338 e. The highest BCUT2D eigenvalue weighted by atomic mass is 16.6. The van der Waals surface area contributed by atoms with Crippen molar-refractivity contribution in [3.05, 3.63) is 24.2 Å². The number of oxime groups is 1. The third kappa shape index (κ3) is 4.14. The van der Waals surface area contributed by atoms with Gasteiger partial charge in [0.25, 0.3) is 0 Å². The van der Waals surface area contributed by atoms with Gasteiger partial charge in [0, 0.05) is 0 Å². The van der Waals surface area contributed by atoms with Crippen LogP contribution in [0.1, 0.15) is 5.76 Å². The number of amides is 2. The van der Waals surface area contributed by atoms with Crippen LogP contribution in [-0.4, -0.2) is 35.7 Å². The zero-order chi connectivity index (χ0) is 11.1. The first kappa shape index (κ1) is 11.1. The third-order valence-corrected chi connectivity index (χ3v) is 1.45.